The molecule has 2 saturated heterocycles. The second kappa shape index (κ2) is 7.56. The number of allylic oxidation sites excluding steroid dienone is 4. The molecule has 7 heteroatoms. The first-order valence-electron chi connectivity index (χ1n) is 12.7. The molecule has 35 heavy (non-hydrogen) atoms. The third kappa shape index (κ3) is 2.85. The smallest absolute Gasteiger partial charge is 0.197 e. The maximum atomic E-state index is 16.9. The van der Waals surface area contributed by atoms with Crippen molar-refractivity contribution < 1.29 is 24.4 Å². The van der Waals surface area contributed by atoms with Crippen LogP contribution in [0, 0.1) is 11.3 Å². The van der Waals surface area contributed by atoms with Crippen molar-refractivity contribution in [1.82, 2.24) is 9.88 Å². The Balaban J connectivity index is 1.39. The number of halogens is 1. The lowest BCUT2D eigenvalue weighted by molar-refractivity contribution is -0.309. The SMILES string of the molecule is CN(C)[C@H]1C[C@@]23CC[C@@]4(O2)C(=CC[C@]2(C)C(/C=C/c5cccnc5)=CCC24)C(O)C3(F)[C@@H](O)[C@@H]1O. The highest BCUT2D eigenvalue weighted by molar-refractivity contribution is 5.55. The fourth-order valence-corrected chi connectivity index (χ4v) is 8.03. The van der Waals surface area contributed by atoms with Crippen molar-refractivity contribution in [3.05, 3.63) is 59.5 Å². The van der Waals surface area contributed by atoms with Gasteiger partial charge in [-0.15, -0.1) is 0 Å². The molecule has 0 amide bonds. The van der Waals surface area contributed by atoms with Crippen molar-refractivity contribution in [2.24, 2.45) is 11.3 Å². The molecule has 2 aliphatic heterocycles. The van der Waals surface area contributed by atoms with Crippen molar-refractivity contribution >= 4 is 6.08 Å². The summed E-state index contributed by atoms with van der Waals surface area (Å²) in [5.74, 6) is 0.0592. The number of pyridine rings is 1. The van der Waals surface area contributed by atoms with Gasteiger partial charge in [0.1, 0.15) is 17.8 Å². The number of likely N-dealkylation sites (N-methyl/N-ethyl adjacent to an activating group) is 1. The maximum absolute atomic E-state index is 16.9. The first kappa shape index (κ1) is 23.5. The van der Waals surface area contributed by atoms with Gasteiger partial charge in [0, 0.05) is 29.8 Å². The van der Waals surface area contributed by atoms with Crippen molar-refractivity contribution in [2.75, 3.05) is 14.1 Å². The molecule has 3 aliphatic carbocycles. The van der Waals surface area contributed by atoms with Gasteiger partial charge >= 0.3 is 0 Å². The normalized spacial score (nSPS) is 48.4. The first-order valence-corrected chi connectivity index (χ1v) is 12.7. The van der Waals surface area contributed by atoms with E-state index in [9.17, 15) is 15.3 Å². The molecule has 6 rings (SSSR count). The van der Waals surface area contributed by atoms with Crippen LogP contribution in [0.4, 0.5) is 4.39 Å². The summed E-state index contributed by atoms with van der Waals surface area (Å²) in [6.45, 7) is 2.24. The first-order chi connectivity index (χ1) is 16.6. The van der Waals surface area contributed by atoms with Crippen LogP contribution in [0.3, 0.4) is 0 Å². The van der Waals surface area contributed by atoms with Gasteiger partial charge in [0.25, 0.3) is 0 Å². The number of alkyl halides is 1. The van der Waals surface area contributed by atoms with Crippen molar-refractivity contribution in [1.29, 1.82) is 0 Å². The summed E-state index contributed by atoms with van der Waals surface area (Å²) in [6, 6.07) is 3.47. The van der Waals surface area contributed by atoms with Crippen LogP contribution in [0.2, 0.25) is 0 Å². The van der Waals surface area contributed by atoms with Crippen LogP contribution in [0.25, 0.3) is 6.08 Å². The van der Waals surface area contributed by atoms with Crippen LogP contribution in [0.5, 0.6) is 0 Å². The van der Waals surface area contributed by atoms with Gasteiger partial charge in [0.2, 0.25) is 0 Å². The Morgan fingerprint density at radius 3 is 2.69 bits per heavy atom. The minimum absolute atomic E-state index is 0.0592. The van der Waals surface area contributed by atoms with Gasteiger partial charge in [-0.3, -0.25) is 4.98 Å². The van der Waals surface area contributed by atoms with Crippen LogP contribution >= 0.6 is 0 Å². The van der Waals surface area contributed by atoms with Gasteiger partial charge < -0.3 is 25.0 Å². The number of fused-ring (bicyclic) bond motifs is 1. The standard InChI is InChI=1S/C28H35FN2O4/c1-25-11-10-19-23(33)28(29)24(34)22(32)20(31(2)3)15-26(28)12-13-27(19,35-26)21(25)9-8-18(25)7-6-17-5-4-14-30-16-17/h4-8,10,14,16,20-24,32-34H,9,11-13,15H2,1-3H3/b7-6+/t20-,21?,22+,23?,24-,25+,26+,27+,28?/m0/s1. The molecule has 3 heterocycles. The minimum atomic E-state index is -2.45. The predicted octanol–water partition coefficient (Wildman–Crippen LogP) is 2.80. The largest absolute Gasteiger partial charge is 0.389 e. The molecule has 2 bridgehead atoms. The third-order valence-corrected chi connectivity index (χ3v) is 9.96. The number of aliphatic hydroxyl groups excluding tert-OH is 3. The number of hydrogen-bond acceptors (Lipinski definition) is 6. The lowest BCUT2D eigenvalue weighted by atomic mass is 9.56. The fourth-order valence-electron chi connectivity index (χ4n) is 8.03. The highest BCUT2D eigenvalue weighted by Crippen LogP contribution is 2.70. The predicted molar refractivity (Wildman–Crippen MR) is 130 cm³/mol. The monoisotopic (exact) mass is 482 g/mol. The summed E-state index contributed by atoms with van der Waals surface area (Å²) in [6.07, 6.45) is 10.1. The van der Waals surface area contributed by atoms with E-state index in [2.05, 4.69) is 30.1 Å². The van der Waals surface area contributed by atoms with Gasteiger partial charge in [0.15, 0.2) is 5.67 Å². The zero-order valence-corrected chi connectivity index (χ0v) is 20.6. The topological polar surface area (TPSA) is 86.1 Å². The number of ether oxygens (including phenoxy) is 1. The zero-order chi connectivity index (χ0) is 24.8. The van der Waals surface area contributed by atoms with E-state index in [0.717, 1.165) is 12.0 Å². The summed E-state index contributed by atoms with van der Waals surface area (Å²) < 4.78 is 23.8. The van der Waals surface area contributed by atoms with Crippen LogP contribution in [0.1, 0.15) is 44.6 Å². The molecule has 6 nitrogen and oxygen atoms in total. The Kier molecular flexibility index (Phi) is 5.07. The van der Waals surface area contributed by atoms with Crippen LogP contribution in [0.15, 0.2) is 53.9 Å². The van der Waals surface area contributed by atoms with E-state index >= 15 is 4.39 Å². The molecule has 3 fully saturated rings. The van der Waals surface area contributed by atoms with E-state index < -0.39 is 41.2 Å². The third-order valence-electron chi connectivity index (χ3n) is 9.96. The second-order valence-corrected chi connectivity index (χ2v) is 11.7. The number of hydrogen-bond donors (Lipinski definition) is 3. The molecule has 1 aromatic heterocycles. The van der Waals surface area contributed by atoms with Gasteiger partial charge in [-0.1, -0.05) is 37.3 Å². The van der Waals surface area contributed by atoms with Crippen LogP contribution in [-0.2, 0) is 4.74 Å². The summed E-state index contributed by atoms with van der Waals surface area (Å²) >= 11 is 0. The van der Waals surface area contributed by atoms with Gasteiger partial charge in [-0.05, 0) is 69.0 Å². The molecule has 2 spiro atoms. The molecular formula is C28H35FN2O4. The Bertz CT molecular complexity index is 1120. The van der Waals surface area contributed by atoms with E-state index in [4.69, 9.17) is 4.74 Å². The molecule has 1 aromatic rings. The average Bonchev–Trinajstić information content (AvgIpc) is 3.37. The number of aromatic nitrogens is 1. The van der Waals surface area contributed by atoms with Gasteiger partial charge in [-0.2, -0.15) is 0 Å². The average molecular weight is 483 g/mol. The molecule has 3 N–H and O–H groups in total. The minimum Gasteiger partial charge on any atom is -0.389 e. The van der Waals surface area contributed by atoms with Crippen molar-refractivity contribution in [3.8, 4) is 0 Å². The number of rotatable bonds is 3. The molecule has 0 radical (unpaired) electrons. The quantitative estimate of drug-likeness (QED) is 0.575. The number of nitrogens with zero attached hydrogens (tertiary/aromatic N) is 2. The summed E-state index contributed by atoms with van der Waals surface area (Å²) in [4.78, 5) is 6.01. The molecule has 3 unspecified atom stereocenters. The fraction of sp³-hybridized carbons (Fsp3) is 0.607. The molecule has 0 aromatic carbocycles. The van der Waals surface area contributed by atoms with E-state index in [-0.39, 0.29) is 17.8 Å². The van der Waals surface area contributed by atoms with Gasteiger partial charge in [-0.25, -0.2) is 4.39 Å². The van der Waals surface area contributed by atoms with Crippen LogP contribution < -0.4 is 0 Å². The summed E-state index contributed by atoms with van der Waals surface area (Å²) in [7, 11) is 3.63. The Morgan fingerprint density at radius 1 is 1.17 bits per heavy atom. The summed E-state index contributed by atoms with van der Waals surface area (Å²) in [5, 5.41) is 33.3. The van der Waals surface area contributed by atoms with Crippen molar-refractivity contribution in [2.45, 2.75) is 80.3 Å². The molecule has 5 aliphatic rings. The molecule has 9 atom stereocenters. The molecule has 1 saturated carbocycles. The van der Waals surface area contributed by atoms with E-state index in [0.29, 0.717) is 24.8 Å². The highest BCUT2D eigenvalue weighted by atomic mass is 19.1. The lowest BCUT2D eigenvalue weighted by Crippen LogP contribution is -2.78. The Hall–Kier alpha value is -1.90. The Labute approximate surface area is 205 Å². The summed E-state index contributed by atoms with van der Waals surface area (Å²) in [5.41, 5.74) is -1.98. The van der Waals surface area contributed by atoms with E-state index in [1.807, 2.05) is 43.4 Å². The second-order valence-electron chi connectivity index (χ2n) is 11.7. The van der Waals surface area contributed by atoms with Crippen LogP contribution in [-0.4, -0.2) is 80.5 Å². The lowest BCUT2D eigenvalue weighted by Gasteiger charge is -2.62. The van der Waals surface area contributed by atoms with E-state index in [1.54, 1.807) is 6.20 Å². The van der Waals surface area contributed by atoms with Gasteiger partial charge in [0.05, 0.1) is 11.7 Å². The molecular weight excluding hydrogens is 447 g/mol. The number of aliphatic hydroxyl groups is 3. The van der Waals surface area contributed by atoms with E-state index in [1.165, 1.54) is 5.57 Å². The molecule has 188 valence electrons. The highest BCUT2D eigenvalue weighted by Gasteiger charge is 2.79. The van der Waals surface area contributed by atoms with Crippen molar-refractivity contribution in [3.63, 3.8) is 0 Å². The Morgan fingerprint density at radius 2 is 1.97 bits per heavy atom. The maximum Gasteiger partial charge on any atom is 0.197 e. The zero-order valence-electron chi connectivity index (χ0n) is 20.6.